The van der Waals surface area contributed by atoms with Crippen LogP contribution in [0.1, 0.15) is 24.0 Å². The molecule has 0 atom stereocenters. The van der Waals surface area contributed by atoms with Crippen LogP contribution < -0.4 is 14.5 Å². The topological polar surface area (TPSA) is 18.1 Å². The van der Waals surface area contributed by atoms with Crippen LogP contribution in [-0.2, 0) is 6.42 Å². The van der Waals surface area contributed by atoms with Gasteiger partial charge in [0.15, 0.2) is 0 Å². The van der Waals surface area contributed by atoms with Crippen LogP contribution >= 0.6 is 0 Å². The summed E-state index contributed by atoms with van der Waals surface area (Å²) in [6.45, 7) is 13.4. The smallest absolute Gasteiger partial charge is 0.127 e. The maximum atomic E-state index is 5.99. The molecule has 1 aliphatic rings. The molecule has 3 nitrogen and oxygen atoms in total. The highest BCUT2D eigenvalue weighted by atomic mass is 16.5. The Morgan fingerprint density at radius 3 is 2.68 bits per heavy atom. The molecule has 1 aromatic carbocycles. The Hall–Kier alpha value is -1.32. The number of rotatable bonds is 8. The molecule has 1 fully saturated rings. The van der Waals surface area contributed by atoms with Crippen molar-refractivity contribution in [2.75, 3.05) is 46.4 Å². The van der Waals surface area contributed by atoms with Crippen molar-refractivity contribution in [3.8, 4) is 5.75 Å². The number of likely N-dealkylation sites (N-methyl/N-ethyl adjacent to an activating group) is 1. The molecule has 122 valence electrons. The van der Waals surface area contributed by atoms with Crippen LogP contribution in [0.15, 0.2) is 30.9 Å². The van der Waals surface area contributed by atoms with Gasteiger partial charge in [-0.15, -0.1) is 6.58 Å². The lowest BCUT2D eigenvalue weighted by Gasteiger charge is -2.27. The van der Waals surface area contributed by atoms with E-state index in [9.17, 15) is 0 Å². The first-order valence-corrected chi connectivity index (χ1v) is 8.67. The quantitative estimate of drug-likeness (QED) is 0.522. The summed E-state index contributed by atoms with van der Waals surface area (Å²) in [5.74, 6) is 1.03. The van der Waals surface area contributed by atoms with Gasteiger partial charge in [0.05, 0.1) is 20.2 Å². The van der Waals surface area contributed by atoms with Gasteiger partial charge in [0.25, 0.3) is 0 Å². The summed E-state index contributed by atoms with van der Waals surface area (Å²) in [5, 5.41) is 0. The predicted molar refractivity (Wildman–Crippen MR) is 92.0 cm³/mol. The average Bonchev–Trinajstić information content (AvgIpc) is 2.51. The van der Waals surface area contributed by atoms with Gasteiger partial charge in [-0.1, -0.05) is 23.8 Å². The van der Waals surface area contributed by atoms with Crippen LogP contribution in [-0.4, -0.2) is 46.4 Å². The van der Waals surface area contributed by atoms with E-state index in [0.717, 1.165) is 25.2 Å². The van der Waals surface area contributed by atoms with Crippen LogP contribution in [0.2, 0.25) is 0 Å². The molecule has 1 heterocycles. The third-order valence-corrected chi connectivity index (χ3v) is 4.57. The number of hydrogen-bond acceptors (Lipinski definition) is 1. The van der Waals surface area contributed by atoms with Gasteiger partial charge in [-0.2, -0.15) is 0 Å². The normalized spacial score (nSPS) is 21.5. The number of allylic oxidation sites excluding steroid dienone is 1. The Labute approximate surface area is 135 Å². The molecular formula is C19H32N2O+2. The molecule has 0 saturated carbocycles. The van der Waals surface area contributed by atoms with Gasteiger partial charge in [0.2, 0.25) is 0 Å². The molecule has 0 spiro atoms. The molecule has 1 aliphatic heterocycles. The summed E-state index contributed by atoms with van der Waals surface area (Å²) in [7, 11) is 2.30. The van der Waals surface area contributed by atoms with Gasteiger partial charge < -0.3 is 14.5 Å². The van der Waals surface area contributed by atoms with Gasteiger partial charge in [0.1, 0.15) is 31.9 Å². The number of quaternary nitrogens is 2. The lowest BCUT2D eigenvalue weighted by molar-refractivity contribution is -1.00. The van der Waals surface area contributed by atoms with Gasteiger partial charge in [-0.3, -0.25) is 0 Å². The number of hydrogen-bond donors (Lipinski definition) is 2. The van der Waals surface area contributed by atoms with Crippen LogP contribution in [0.3, 0.4) is 0 Å². The lowest BCUT2D eigenvalue weighted by atomic mass is 10.1. The lowest BCUT2D eigenvalue weighted by Crippen LogP contribution is -3.27. The third kappa shape index (κ3) is 5.47. The van der Waals surface area contributed by atoms with Gasteiger partial charge in [0, 0.05) is 0 Å². The SMILES string of the molecule is C=CCc1cc(C)ccc1OCCCC[NH+]1CC[NH+](C)CC1. The zero-order valence-electron chi connectivity index (χ0n) is 14.3. The number of ether oxygens (including phenoxy) is 1. The number of benzene rings is 1. The number of unbranched alkanes of at least 4 members (excludes halogenated alkanes) is 1. The fourth-order valence-corrected chi connectivity index (χ4v) is 3.10. The van der Waals surface area contributed by atoms with Crippen molar-refractivity contribution >= 4 is 0 Å². The summed E-state index contributed by atoms with van der Waals surface area (Å²) in [4.78, 5) is 3.45. The first-order valence-electron chi connectivity index (χ1n) is 8.67. The Bertz CT molecular complexity index is 465. The minimum atomic E-state index is 0.825. The zero-order chi connectivity index (χ0) is 15.8. The van der Waals surface area contributed by atoms with E-state index in [1.165, 1.54) is 50.3 Å². The van der Waals surface area contributed by atoms with Crippen molar-refractivity contribution in [1.29, 1.82) is 0 Å². The first kappa shape index (κ1) is 17.0. The highest BCUT2D eigenvalue weighted by molar-refractivity contribution is 5.38. The molecule has 1 aromatic rings. The molecule has 22 heavy (non-hydrogen) atoms. The molecule has 0 bridgehead atoms. The fourth-order valence-electron chi connectivity index (χ4n) is 3.10. The maximum absolute atomic E-state index is 5.99. The molecule has 2 N–H and O–H groups in total. The molecule has 3 heteroatoms. The Balaban J connectivity index is 1.67. The van der Waals surface area contributed by atoms with E-state index in [4.69, 9.17) is 4.74 Å². The number of nitrogens with one attached hydrogen (secondary N) is 2. The monoisotopic (exact) mass is 304 g/mol. The molecule has 2 rings (SSSR count). The standard InChI is InChI=1S/C19H30N2O/c1-4-7-18-16-17(2)8-9-19(18)22-15-6-5-10-21-13-11-20(3)12-14-21/h4,8-9,16H,1,5-7,10-15H2,2-3H3/p+2. The molecular weight excluding hydrogens is 272 g/mol. The van der Waals surface area contributed by atoms with E-state index >= 15 is 0 Å². The largest absolute Gasteiger partial charge is 0.493 e. The van der Waals surface area contributed by atoms with E-state index in [0.29, 0.717) is 0 Å². The van der Waals surface area contributed by atoms with Crippen molar-refractivity contribution in [2.24, 2.45) is 0 Å². The predicted octanol–water partition coefficient (Wildman–Crippen LogP) is 0.296. The molecule has 0 aliphatic carbocycles. The first-order chi connectivity index (χ1) is 10.7. The highest BCUT2D eigenvalue weighted by Crippen LogP contribution is 2.21. The van der Waals surface area contributed by atoms with E-state index < -0.39 is 0 Å². The number of aryl methyl sites for hydroxylation is 1. The molecule has 0 radical (unpaired) electrons. The van der Waals surface area contributed by atoms with E-state index in [2.05, 4.69) is 38.7 Å². The number of piperazine rings is 1. The van der Waals surface area contributed by atoms with Crippen molar-refractivity contribution in [3.63, 3.8) is 0 Å². The Kier molecular flexibility index (Phi) is 6.94. The minimum absolute atomic E-state index is 0.825. The van der Waals surface area contributed by atoms with E-state index in [-0.39, 0.29) is 0 Å². The van der Waals surface area contributed by atoms with Crippen molar-refractivity contribution in [3.05, 3.63) is 42.0 Å². The minimum Gasteiger partial charge on any atom is -0.493 e. The second-order valence-corrected chi connectivity index (χ2v) is 6.62. The molecule has 1 saturated heterocycles. The fraction of sp³-hybridized carbons (Fsp3) is 0.579. The summed E-state index contributed by atoms with van der Waals surface area (Å²) >= 11 is 0. The molecule has 0 amide bonds. The van der Waals surface area contributed by atoms with Gasteiger partial charge in [-0.25, -0.2) is 0 Å². The van der Waals surface area contributed by atoms with Gasteiger partial charge in [-0.05, 0) is 37.8 Å². The average molecular weight is 304 g/mol. The second-order valence-electron chi connectivity index (χ2n) is 6.62. The van der Waals surface area contributed by atoms with Crippen LogP contribution in [0, 0.1) is 6.92 Å². The van der Waals surface area contributed by atoms with Crippen LogP contribution in [0.25, 0.3) is 0 Å². The molecule has 0 unspecified atom stereocenters. The van der Waals surface area contributed by atoms with Crippen molar-refractivity contribution in [1.82, 2.24) is 0 Å². The summed E-state index contributed by atoms with van der Waals surface area (Å²) in [6, 6.07) is 6.43. The molecule has 0 aromatic heterocycles. The van der Waals surface area contributed by atoms with Crippen LogP contribution in [0.4, 0.5) is 0 Å². The summed E-state index contributed by atoms with van der Waals surface area (Å²) < 4.78 is 5.99. The zero-order valence-corrected chi connectivity index (χ0v) is 14.3. The summed E-state index contributed by atoms with van der Waals surface area (Å²) in [6.07, 6.45) is 5.23. The third-order valence-electron chi connectivity index (χ3n) is 4.57. The van der Waals surface area contributed by atoms with Crippen molar-refractivity contribution in [2.45, 2.75) is 26.2 Å². The second kappa shape index (κ2) is 8.96. The van der Waals surface area contributed by atoms with E-state index in [1.54, 1.807) is 9.80 Å². The van der Waals surface area contributed by atoms with Crippen LogP contribution in [0.5, 0.6) is 5.75 Å². The maximum Gasteiger partial charge on any atom is 0.127 e. The summed E-state index contributed by atoms with van der Waals surface area (Å²) in [5.41, 5.74) is 2.53. The Morgan fingerprint density at radius 2 is 1.95 bits per heavy atom. The van der Waals surface area contributed by atoms with Crippen molar-refractivity contribution < 1.29 is 14.5 Å². The Morgan fingerprint density at radius 1 is 1.18 bits per heavy atom. The van der Waals surface area contributed by atoms with E-state index in [1.807, 2.05) is 6.08 Å². The van der Waals surface area contributed by atoms with Gasteiger partial charge >= 0.3 is 0 Å². The highest BCUT2D eigenvalue weighted by Gasteiger charge is 2.18.